The van der Waals surface area contributed by atoms with Crippen molar-refractivity contribution in [2.24, 2.45) is 0 Å². The highest BCUT2D eigenvalue weighted by atomic mass is 14.5. The van der Waals surface area contributed by atoms with Crippen LogP contribution < -0.4 is 0 Å². The average molecular weight is 927 g/mol. The van der Waals surface area contributed by atoms with Crippen LogP contribution in [0.4, 0.5) is 0 Å². The zero-order valence-corrected chi connectivity index (χ0v) is 40.4. The molecule has 0 N–H and O–H groups in total. The van der Waals surface area contributed by atoms with E-state index in [0.29, 0.717) is 0 Å². The van der Waals surface area contributed by atoms with Gasteiger partial charge in [0.1, 0.15) is 0 Å². The summed E-state index contributed by atoms with van der Waals surface area (Å²) in [6, 6.07) is 112. The normalized spacial score (nSPS) is 12.2. The van der Waals surface area contributed by atoms with Crippen molar-refractivity contribution in [3.8, 4) is 100 Å². The summed E-state index contributed by atoms with van der Waals surface area (Å²) in [7, 11) is 0. The van der Waals surface area contributed by atoms with Gasteiger partial charge in [-0.2, -0.15) is 0 Å². The van der Waals surface area contributed by atoms with Crippen LogP contribution >= 0.6 is 0 Å². The summed E-state index contributed by atoms with van der Waals surface area (Å²) < 4.78 is 0. The second kappa shape index (κ2) is 18.8. The highest BCUT2D eigenvalue weighted by Crippen LogP contribution is 2.58. The van der Waals surface area contributed by atoms with Crippen LogP contribution in [-0.2, 0) is 5.41 Å². The van der Waals surface area contributed by atoms with E-state index in [4.69, 9.17) is 0 Å². The van der Waals surface area contributed by atoms with Crippen molar-refractivity contribution in [3.63, 3.8) is 0 Å². The molecule has 12 aromatic rings. The highest BCUT2D eigenvalue weighted by molar-refractivity contribution is 5.91. The van der Waals surface area contributed by atoms with Crippen LogP contribution in [0, 0.1) is 0 Å². The molecule has 0 saturated carbocycles. The van der Waals surface area contributed by atoms with Crippen LogP contribution in [0.5, 0.6) is 0 Å². The molecule has 0 amide bonds. The first kappa shape index (κ1) is 43.6. The van der Waals surface area contributed by atoms with Crippen LogP contribution in [0.3, 0.4) is 0 Å². The maximum atomic E-state index is 2.49. The molecule has 342 valence electrons. The number of fused-ring (bicyclic) bond motifs is 3. The minimum absolute atomic E-state index is 0.731. The summed E-state index contributed by atoms with van der Waals surface area (Å²) >= 11 is 0. The maximum absolute atomic E-state index is 2.49. The topological polar surface area (TPSA) is 0 Å². The zero-order valence-electron chi connectivity index (χ0n) is 40.4. The molecule has 0 aromatic heterocycles. The van der Waals surface area contributed by atoms with Gasteiger partial charge in [-0.3, -0.25) is 0 Å². The lowest BCUT2D eigenvalue weighted by atomic mass is 9.66. The van der Waals surface area contributed by atoms with E-state index in [1.54, 1.807) is 0 Å². The fourth-order valence-electron chi connectivity index (χ4n) is 11.4. The molecule has 73 heavy (non-hydrogen) atoms. The Kier molecular flexibility index (Phi) is 11.2. The van der Waals surface area contributed by atoms with Crippen molar-refractivity contribution in [2.75, 3.05) is 0 Å². The predicted octanol–water partition coefficient (Wildman–Crippen LogP) is 19.4. The first-order chi connectivity index (χ1) is 36.2. The third kappa shape index (κ3) is 8.10. The average Bonchev–Trinajstić information content (AvgIpc) is 3.80. The Hall–Kier alpha value is -9.36. The molecule has 0 nitrogen and oxygen atoms in total. The van der Waals surface area contributed by atoms with E-state index < -0.39 is 5.41 Å². The number of hydrogen-bond acceptors (Lipinski definition) is 0. The molecule has 0 saturated heterocycles. The lowest BCUT2D eigenvalue weighted by Crippen LogP contribution is -2.29. The summed E-state index contributed by atoms with van der Waals surface area (Å²) in [5.74, 6) is 0. The van der Waals surface area contributed by atoms with Gasteiger partial charge in [0.15, 0.2) is 0 Å². The van der Waals surface area contributed by atoms with E-state index in [9.17, 15) is 0 Å². The molecule has 0 heterocycles. The van der Waals surface area contributed by atoms with E-state index >= 15 is 0 Å². The zero-order chi connectivity index (χ0) is 48.6. The van der Waals surface area contributed by atoms with Gasteiger partial charge < -0.3 is 0 Å². The Balaban J connectivity index is 1.12. The molecule has 0 aliphatic heterocycles. The molecule has 0 radical (unpaired) electrons. The molecule has 12 aromatic carbocycles. The Morgan fingerprint density at radius 3 is 0.630 bits per heavy atom. The van der Waals surface area contributed by atoms with E-state index in [1.807, 2.05) is 0 Å². The quantitative estimate of drug-likeness (QED) is 0.128. The minimum atomic E-state index is -0.731. The van der Waals surface area contributed by atoms with Gasteiger partial charge in [-0.25, -0.2) is 0 Å². The Bertz CT molecular complexity index is 3480. The minimum Gasteiger partial charge on any atom is -0.0622 e. The van der Waals surface area contributed by atoms with Gasteiger partial charge in [0.05, 0.1) is 5.41 Å². The van der Waals surface area contributed by atoms with Gasteiger partial charge >= 0.3 is 0 Å². The molecule has 0 fully saturated rings. The van der Waals surface area contributed by atoms with Gasteiger partial charge in [-0.05, 0) is 183 Å². The lowest BCUT2D eigenvalue weighted by Gasteiger charge is -2.35. The highest BCUT2D eigenvalue weighted by Gasteiger charge is 2.46. The summed E-state index contributed by atoms with van der Waals surface area (Å²) in [5, 5.41) is 0. The van der Waals surface area contributed by atoms with Gasteiger partial charge in [0.2, 0.25) is 0 Å². The number of hydrogen-bond donors (Lipinski definition) is 0. The molecule has 1 aliphatic rings. The number of rotatable bonds is 10. The summed E-state index contributed by atoms with van der Waals surface area (Å²) in [6.07, 6.45) is 0. The first-order valence-corrected chi connectivity index (χ1v) is 25.3. The van der Waals surface area contributed by atoms with E-state index in [0.717, 1.165) is 0 Å². The van der Waals surface area contributed by atoms with Crippen molar-refractivity contribution in [1.82, 2.24) is 0 Å². The van der Waals surface area contributed by atoms with Crippen molar-refractivity contribution in [2.45, 2.75) is 5.41 Å². The molecular formula is C73H50. The third-order valence-corrected chi connectivity index (χ3v) is 14.9. The second-order valence-corrected chi connectivity index (χ2v) is 19.2. The molecule has 13 rings (SSSR count). The monoisotopic (exact) mass is 926 g/mol. The summed E-state index contributed by atoms with van der Waals surface area (Å²) in [5.41, 5.74) is 25.6. The van der Waals surface area contributed by atoms with Gasteiger partial charge in [0, 0.05) is 0 Å². The number of benzene rings is 12. The van der Waals surface area contributed by atoms with Crippen LogP contribution in [-0.4, -0.2) is 0 Å². The smallest absolute Gasteiger partial charge is 0.0622 e. The fourth-order valence-corrected chi connectivity index (χ4v) is 11.4. The SMILES string of the molecule is c1ccc(-c2cccc(-c3cc(-c4cccc(-c5ccccc5)c4)cc(C4(c5cc(-c6cccc(-c7ccccc7)c6)cc(-c6cccc(-c7ccccc7)c6)c5)c5ccccc5-c5ccccc54)c3)c2)cc1. The van der Waals surface area contributed by atoms with Crippen LogP contribution in [0.1, 0.15) is 22.3 Å². The molecule has 0 bridgehead atoms. The molecule has 0 unspecified atom stereocenters. The largest absolute Gasteiger partial charge is 0.0714 e. The third-order valence-electron chi connectivity index (χ3n) is 14.9. The van der Waals surface area contributed by atoms with Gasteiger partial charge in [0.25, 0.3) is 0 Å². The van der Waals surface area contributed by atoms with Crippen LogP contribution in [0.2, 0.25) is 0 Å². The van der Waals surface area contributed by atoms with Gasteiger partial charge in [-0.1, -0.05) is 243 Å². The predicted molar refractivity (Wildman–Crippen MR) is 307 cm³/mol. The van der Waals surface area contributed by atoms with Crippen LogP contribution in [0.15, 0.2) is 303 Å². The van der Waals surface area contributed by atoms with Crippen molar-refractivity contribution in [1.29, 1.82) is 0 Å². The fraction of sp³-hybridized carbons (Fsp3) is 0.0137. The maximum Gasteiger partial charge on any atom is 0.0714 e. The van der Waals surface area contributed by atoms with E-state index in [2.05, 4.69) is 303 Å². The molecule has 0 atom stereocenters. The summed E-state index contributed by atoms with van der Waals surface area (Å²) in [6.45, 7) is 0. The molecule has 1 aliphatic carbocycles. The van der Waals surface area contributed by atoms with E-state index in [-0.39, 0.29) is 0 Å². The van der Waals surface area contributed by atoms with Crippen molar-refractivity contribution >= 4 is 0 Å². The Labute approximate surface area is 428 Å². The molecular weight excluding hydrogens is 877 g/mol. The van der Waals surface area contributed by atoms with Crippen molar-refractivity contribution in [3.05, 3.63) is 326 Å². The van der Waals surface area contributed by atoms with Crippen molar-refractivity contribution < 1.29 is 0 Å². The second-order valence-electron chi connectivity index (χ2n) is 19.2. The molecule has 0 heteroatoms. The Morgan fingerprint density at radius 2 is 0.356 bits per heavy atom. The van der Waals surface area contributed by atoms with Gasteiger partial charge in [-0.15, -0.1) is 0 Å². The lowest BCUT2D eigenvalue weighted by molar-refractivity contribution is 0.770. The summed E-state index contributed by atoms with van der Waals surface area (Å²) in [4.78, 5) is 0. The standard InChI is InChI=1S/C73H50/c1-5-21-51(22-6-1)55-29-17-33-59(41-55)63-45-64(60-34-18-30-56(42-60)52-23-7-2-8-24-52)48-67(47-63)73(71-39-15-13-37-69(71)70-38-14-16-40-72(70)73)68-49-65(61-35-19-31-57(43-61)53-25-9-3-10-26-53)46-66(50-68)62-36-20-32-58(44-62)54-27-11-4-12-28-54/h1-50H. The van der Waals surface area contributed by atoms with E-state index in [1.165, 1.54) is 122 Å². The Morgan fingerprint density at radius 1 is 0.151 bits per heavy atom. The molecule has 0 spiro atoms. The first-order valence-electron chi connectivity index (χ1n) is 25.3. The van der Waals surface area contributed by atoms with Crippen LogP contribution in [0.25, 0.3) is 100 Å².